The molecule has 0 saturated carbocycles. The molecule has 41 heavy (non-hydrogen) atoms. The zero-order valence-corrected chi connectivity index (χ0v) is 25.0. The van der Waals surface area contributed by atoms with E-state index in [2.05, 4.69) is 24.7 Å². The molecule has 0 amide bonds. The van der Waals surface area contributed by atoms with Gasteiger partial charge >= 0.3 is 0 Å². The Morgan fingerprint density at radius 1 is 0.634 bits per heavy atom. The Hall–Kier alpha value is -3.82. The molecule has 2 heterocycles. The van der Waals surface area contributed by atoms with Crippen LogP contribution in [0.2, 0.25) is 15.5 Å². The normalized spacial score (nSPS) is 11.1. The highest BCUT2D eigenvalue weighted by atomic mass is 35.5. The van der Waals surface area contributed by atoms with E-state index in [-0.39, 0.29) is 11.0 Å². The molecule has 0 atom stereocenters. The predicted octanol–water partition coefficient (Wildman–Crippen LogP) is 8.28. The molecule has 208 valence electrons. The number of benzene rings is 3. The van der Waals surface area contributed by atoms with Crippen LogP contribution < -0.4 is 4.72 Å². The zero-order chi connectivity index (χ0) is 29.4. The van der Waals surface area contributed by atoms with E-state index in [1.807, 2.05) is 92.7 Å². The summed E-state index contributed by atoms with van der Waals surface area (Å²) in [6.45, 7) is 3.99. The second kappa shape index (κ2) is 13.7. The number of sulfonamides is 1. The third-order valence-corrected chi connectivity index (χ3v) is 7.55. The van der Waals surface area contributed by atoms with E-state index >= 15 is 0 Å². The summed E-state index contributed by atoms with van der Waals surface area (Å²) in [4.78, 5) is 15.8. The van der Waals surface area contributed by atoms with Gasteiger partial charge in [0, 0.05) is 0 Å². The molecule has 7 nitrogen and oxygen atoms in total. The van der Waals surface area contributed by atoms with Gasteiger partial charge in [-0.2, -0.15) is 0 Å². The van der Waals surface area contributed by atoms with Gasteiger partial charge in [0.1, 0.15) is 28.1 Å². The van der Waals surface area contributed by atoms with Crippen molar-refractivity contribution in [3.8, 4) is 22.3 Å². The first-order valence-corrected chi connectivity index (χ1v) is 14.9. The van der Waals surface area contributed by atoms with Crippen LogP contribution in [0.5, 0.6) is 0 Å². The van der Waals surface area contributed by atoms with Crippen molar-refractivity contribution in [3.63, 3.8) is 0 Å². The van der Waals surface area contributed by atoms with Crippen LogP contribution in [0.4, 0.5) is 5.82 Å². The molecule has 3 aromatic carbocycles. The van der Waals surface area contributed by atoms with Crippen LogP contribution >= 0.6 is 34.8 Å². The van der Waals surface area contributed by atoms with Gasteiger partial charge in [0.2, 0.25) is 0 Å². The van der Waals surface area contributed by atoms with Crippen molar-refractivity contribution >= 4 is 56.7 Å². The molecule has 5 rings (SSSR count). The summed E-state index contributed by atoms with van der Waals surface area (Å²) in [5, 5.41) is 2.02. The highest BCUT2D eigenvalue weighted by Gasteiger charge is 2.16. The van der Waals surface area contributed by atoms with Crippen LogP contribution in [0.1, 0.15) is 16.7 Å². The van der Waals surface area contributed by atoms with Crippen molar-refractivity contribution < 1.29 is 8.42 Å². The Morgan fingerprint density at radius 2 is 1.10 bits per heavy atom. The lowest BCUT2D eigenvalue weighted by molar-refractivity contribution is 0.609. The minimum Gasteiger partial charge on any atom is -0.263 e. The fourth-order valence-electron chi connectivity index (χ4n) is 3.62. The van der Waals surface area contributed by atoms with Gasteiger partial charge in [-0.3, -0.25) is 4.72 Å². The second-order valence-corrected chi connectivity index (χ2v) is 11.5. The Bertz CT molecular complexity index is 1750. The van der Waals surface area contributed by atoms with Crippen LogP contribution in [-0.4, -0.2) is 28.4 Å². The lowest BCUT2D eigenvalue weighted by Gasteiger charge is -2.11. The average molecular weight is 625 g/mol. The van der Waals surface area contributed by atoms with E-state index in [1.54, 1.807) is 0 Å². The van der Waals surface area contributed by atoms with Crippen molar-refractivity contribution in [2.75, 3.05) is 4.72 Å². The standard InChI is InChI=1S/C19H16ClN3O2S.C11H8Cl2N2/c1-14-7-9-16(10-8-14)17-18(20)21-13-22-19(17)23-26(24,25)12-11-15-5-3-2-4-6-15;1-7-2-4-8(5-3-7)9-10(12)14-6-15-11(9)13/h2-13H,1H3,(H,21,22,23);2-6H,1H3/b12-11+;. The van der Waals surface area contributed by atoms with E-state index < -0.39 is 10.0 Å². The smallest absolute Gasteiger partial charge is 0.256 e. The Balaban J connectivity index is 0.000000218. The molecule has 0 radical (unpaired) electrons. The van der Waals surface area contributed by atoms with Gasteiger partial charge < -0.3 is 0 Å². The number of aromatic nitrogens is 4. The molecule has 5 aromatic rings. The van der Waals surface area contributed by atoms with Crippen molar-refractivity contribution in [1.29, 1.82) is 0 Å². The van der Waals surface area contributed by atoms with Gasteiger partial charge in [-0.15, -0.1) is 0 Å². The fraction of sp³-hybridized carbons (Fsp3) is 0.0667. The molecule has 0 unspecified atom stereocenters. The topological polar surface area (TPSA) is 97.7 Å². The van der Waals surface area contributed by atoms with E-state index in [4.69, 9.17) is 34.8 Å². The van der Waals surface area contributed by atoms with E-state index in [0.29, 0.717) is 21.4 Å². The number of hydrogen-bond donors (Lipinski definition) is 1. The maximum absolute atomic E-state index is 12.4. The summed E-state index contributed by atoms with van der Waals surface area (Å²) in [5.74, 6) is 0.131. The van der Waals surface area contributed by atoms with Gasteiger partial charge in [-0.1, -0.05) is 125 Å². The SMILES string of the molecule is Cc1ccc(-c2c(Cl)ncnc2Cl)cc1.Cc1ccc(-c2c(Cl)ncnc2NS(=O)(=O)/C=C/c2ccccc2)cc1. The molecule has 0 aliphatic heterocycles. The molecule has 0 spiro atoms. The van der Waals surface area contributed by atoms with Gasteiger partial charge in [0.25, 0.3) is 10.0 Å². The third-order valence-electron chi connectivity index (χ3n) is 5.71. The Labute approximate surface area is 254 Å². The first-order chi connectivity index (χ1) is 19.6. The fourth-order valence-corrected chi connectivity index (χ4v) is 5.23. The maximum atomic E-state index is 12.4. The van der Waals surface area contributed by atoms with E-state index in [0.717, 1.165) is 27.7 Å². The van der Waals surface area contributed by atoms with Crippen LogP contribution in [0.15, 0.2) is 96.9 Å². The molecule has 0 saturated heterocycles. The predicted molar refractivity (Wildman–Crippen MR) is 167 cm³/mol. The summed E-state index contributed by atoms with van der Waals surface area (Å²) in [6.07, 6.45) is 4.08. The minimum atomic E-state index is -3.77. The molecule has 0 aliphatic carbocycles. The number of nitrogens with zero attached hydrogens (tertiary/aromatic N) is 4. The van der Waals surface area contributed by atoms with Crippen LogP contribution in [0, 0.1) is 13.8 Å². The number of rotatable bonds is 6. The lowest BCUT2D eigenvalue weighted by Crippen LogP contribution is -2.11. The third kappa shape index (κ3) is 8.34. The quantitative estimate of drug-likeness (QED) is 0.191. The highest BCUT2D eigenvalue weighted by Crippen LogP contribution is 2.33. The number of anilines is 1. The van der Waals surface area contributed by atoms with Crippen molar-refractivity contribution in [1.82, 2.24) is 19.9 Å². The Morgan fingerprint density at radius 3 is 1.63 bits per heavy atom. The summed E-state index contributed by atoms with van der Waals surface area (Å²) >= 11 is 18.1. The monoisotopic (exact) mass is 623 g/mol. The van der Waals surface area contributed by atoms with Crippen LogP contribution in [-0.2, 0) is 10.0 Å². The molecule has 11 heteroatoms. The van der Waals surface area contributed by atoms with E-state index in [9.17, 15) is 8.42 Å². The van der Waals surface area contributed by atoms with Gasteiger partial charge in [-0.25, -0.2) is 28.4 Å². The van der Waals surface area contributed by atoms with Crippen molar-refractivity contribution in [2.24, 2.45) is 0 Å². The highest BCUT2D eigenvalue weighted by molar-refractivity contribution is 7.95. The molecule has 0 bridgehead atoms. The number of halogens is 3. The number of hydrogen-bond acceptors (Lipinski definition) is 6. The zero-order valence-electron chi connectivity index (χ0n) is 22.0. The summed E-state index contributed by atoms with van der Waals surface area (Å²) in [6, 6.07) is 24.5. The summed E-state index contributed by atoms with van der Waals surface area (Å²) < 4.78 is 27.3. The molecule has 0 fully saturated rings. The van der Waals surface area contributed by atoms with Crippen molar-refractivity contribution in [3.05, 3.63) is 129 Å². The molecular formula is C30H24Cl3N5O2S. The Kier molecular flexibility index (Phi) is 10.1. The number of aryl methyl sites for hydroxylation is 2. The maximum Gasteiger partial charge on any atom is 0.256 e. The number of nitrogens with one attached hydrogen (secondary N) is 1. The average Bonchev–Trinajstić information content (AvgIpc) is 2.95. The largest absolute Gasteiger partial charge is 0.263 e. The first kappa shape index (κ1) is 30.1. The summed E-state index contributed by atoms with van der Waals surface area (Å²) in [7, 11) is -3.77. The van der Waals surface area contributed by atoms with Crippen LogP contribution in [0.3, 0.4) is 0 Å². The summed E-state index contributed by atoms with van der Waals surface area (Å²) in [5.41, 5.74) is 5.81. The first-order valence-electron chi connectivity index (χ1n) is 12.2. The lowest BCUT2D eigenvalue weighted by atomic mass is 10.1. The molecular weight excluding hydrogens is 601 g/mol. The molecule has 2 aromatic heterocycles. The van der Waals surface area contributed by atoms with Crippen molar-refractivity contribution in [2.45, 2.75) is 13.8 Å². The van der Waals surface area contributed by atoms with E-state index in [1.165, 1.54) is 24.3 Å². The minimum absolute atomic E-state index is 0.131. The van der Waals surface area contributed by atoms with Gasteiger partial charge in [0.05, 0.1) is 16.5 Å². The van der Waals surface area contributed by atoms with Gasteiger partial charge in [0.15, 0.2) is 5.82 Å². The van der Waals surface area contributed by atoms with Crippen LogP contribution in [0.25, 0.3) is 28.3 Å². The molecule has 0 aliphatic rings. The molecule has 1 N–H and O–H groups in total. The van der Waals surface area contributed by atoms with Gasteiger partial charge in [-0.05, 0) is 36.6 Å². The second-order valence-electron chi connectivity index (χ2n) is 8.81.